The normalized spacial score (nSPS) is 18.3. The number of fused-ring (bicyclic) bond motifs is 1. The number of imidazole rings is 1. The molecule has 10 heteroatoms. The molecule has 34 heavy (non-hydrogen) atoms. The van der Waals surface area contributed by atoms with Gasteiger partial charge < -0.3 is 23.8 Å². The highest BCUT2D eigenvalue weighted by molar-refractivity contribution is 5.49. The van der Waals surface area contributed by atoms with Crippen molar-refractivity contribution in [2.75, 3.05) is 24.6 Å². The van der Waals surface area contributed by atoms with Gasteiger partial charge in [-0.05, 0) is 48.5 Å². The van der Waals surface area contributed by atoms with E-state index >= 15 is 0 Å². The number of hydrogen-bond acceptors (Lipinski definition) is 6. The van der Waals surface area contributed by atoms with Crippen molar-refractivity contribution in [2.24, 2.45) is 0 Å². The summed E-state index contributed by atoms with van der Waals surface area (Å²) < 4.78 is 60.2. The first-order chi connectivity index (χ1) is 16.4. The van der Waals surface area contributed by atoms with Gasteiger partial charge in [-0.2, -0.15) is 0 Å². The molecule has 2 aromatic carbocycles. The lowest BCUT2D eigenvalue weighted by Crippen LogP contribution is -2.38. The summed E-state index contributed by atoms with van der Waals surface area (Å²) in [5, 5.41) is 0. The predicted molar refractivity (Wildman–Crippen MR) is 118 cm³/mol. The molecule has 180 valence electrons. The lowest BCUT2D eigenvalue weighted by atomic mass is 10.1. The molecule has 2 aliphatic rings. The quantitative estimate of drug-likeness (QED) is 0.495. The van der Waals surface area contributed by atoms with E-state index in [4.69, 9.17) is 14.2 Å². The summed E-state index contributed by atoms with van der Waals surface area (Å²) in [6.45, 7) is 2.83. The first kappa shape index (κ1) is 22.2. The number of hydrogen-bond donors (Lipinski definition) is 0. The molecule has 0 aliphatic carbocycles. The van der Waals surface area contributed by atoms with Crippen molar-refractivity contribution in [3.63, 3.8) is 0 Å². The third-order valence-electron chi connectivity index (χ3n) is 5.79. The maximum atomic E-state index is 12.3. The minimum Gasteiger partial charge on any atom is -0.490 e. The van der Waals surface area contributed by atoms with Gasteiger partial charge in [0.05, 0.1) is 6.54 Å². The third kappa shape index (κ3) is 5.49. The summed E-state index contributed by atoms with van der Waals surface area (Å²) in [4.78, 5) is 6.42. The van der Waals surface area contributed by atoms with Crippen LogP contribution in [-0.4, -0.2) is 47.8 Å². The van der Waals surface area contributed by atoms with E-state index in [1.165, 1.54) is 24.3 Å². The Balaban J connectivity index is 1.06. The lowest BCUT2D eigenvalue weighted by molar-refractivity contribution is -0.274. The molecule has 1 saturated heterocycles. The number of rotatable bonds is 7. The molecule has 0 N–H and O–H groups in total. The summed E-state index contributed by atoms with van der Waals surface area (Å²) in [5.74, 6) is 1.06. The molecular formula is C24H24F3N3O4. The Morgan fingerprint density at radius 2 is 1.62 bits per heavy atom. The zero-order valence-corrected chi connectivity index (χ0v) is 18.3. The van der Waals surface area contributed by atoms with Crippen LogP contribution in [0.5, 0.6) is 23.3 Å². The Hall–Kier alpha value is -3.56. The maximum absolute atomic E-state index is 12.3. The summed E-state index contributed by atoms with van der Waals surface area (Å²) >= 11 is 0. The second-order valence-corrected chi connectivity index (χ2v) is 8.23. The van der Waals surface area contributed by atoms with Gasteiger partial charge in [0.1, 0.15) is 30.0 Å². The SMILES string of the molecule is FC(F)(F)Oc1ccc(OC2CCN(c3ccc(OCC4Cn5ccnc5O4)cc3)CC2)cc1. The van der Waals surface area contributed by atoms with Crippen molar-refractivity contribution in [3.8, 4) is 23.3 Å². The van der Waals surface area contributed by atoms with E-state index < -0.39 is 6.36 Å². The van der Waals surface area contributed by atoms with Crippen LogP contribution in [0.2, 0.25) is 0 Å². The fraction of sp³-hybridized carbons (Fsp3) is 0.375. The maximum Gasteiger partial charge on any atom is 0.573 e. The van der Waals surface area contributed by atoms with Crippen LogP contribution in [-0.2, 0) is 6.54 Å². The number of piperidine rings is 1. The average Bonchev–Trinajstić information content (AvgIpc) is 3.41. The van der Waals surface area contributed by atoms with Crippen LogP contribution in [0.3, 0.4) is 0 Å². The molecule has 0 spiro atoms. The average molecular weight is 475 g/mol. The second-order valence-electron chi connectivity index (χ2n) is 8.23. The Morgan fingerprint density at radius 1 is 0.941 bits per heavy atom. The van der Waals surface area contributed by atoms with Crippen molar-refractivity contribution in [3.05, 3.63) is 60.9 Å². The smallest absolute Gasteiger partial charge is 0.490 e. The van der Waals surface area contributed by atoms with Gasteiger partial charge in [0.15, 0.2) is 6.10 Å². The number of anilines is 1. The Morgan fingerprint density at radius 3 is 2.29 bits per heavy atom. The molecule has 0 radical (unpaired) electrons. The van der Waals surface area contributed by atoms with Crippen molar-refractivity contribution >= 4 is 5.69 Å². The predicted octanol–water partition coefficient (Wildman–Crippen LogP) is 4.67. The molecule has 7 nitrogen and oxygen atoms in total. The van der Waals surface area contributed by atoms with Crippen molar-refractivity contribution < 1.29 is 32.1 Å². The molecular weight excluding hydrogens is 451 g/mol. The topological polar surface area (TPSA) is 58.0 Å². The van der Waals surface area contributed by atoms with Gasteiger partial charge in [-0.3, -0.25) is 4.57 Å². The van der Waals surface area contributed by atoms with Crippen molar-refractivity contribution in [2.45, 2.75) is 38.0 Å². The molecule has 0 saturated carbocycles. The summed E-state index contributed by atoms with van der Waals surface area (Å²) in [6.07, 6.45) is 0.496. The monoisotopic (exact) mass is 475 g/mol. The Bertz CT molecular complexity index is 1060. The van der Waals surface area contributed by atoms with Gasteiger partial charge in [-0.1, -0.05) is 0 Å². The minimum atomic E-state index is -4.70. The number of alkyl halides is 3. The molecule has 1 fully saturated rings. The highest BCUT2D eigenvalue weighted by Gasteiger charge is 2.31. The van der Waals surface area contributed by atoms with Gasteiger partial charge in [-0.15, -0.1) is 13.2 Å². The minimum absolute atomic E-state index is 0.00864. The fourth-order valence-electron chi connectivity index (χ4n) is 4.13. The summed E-state index contributed by atoms with van der Waals surface area (Å²) in [6, 6.07) is 14.1. The van der Waals surface area contributed by atoms with Crippen LogP contribution in [0.4, 0.5) is 18.9 Å². The van der Waals surface area contributed by atoms with E-state index in [0.717, 1.165) is 43.9 Å². The molecule has 1 atom stereocenters. The van der Waals surface area contributed by atoms with Crippen molar-refractivity contribution in [1.29, 1.82) is 0 Å². The fourth-order valence-corrected chi connectivity index (χ4v) is 4.13. The Kier molecular flexibility index (Phi) is 6.12. The molecule has 1 unspecified atom stereocenters. The van der Waals surface area contributed by atoms with Gasteiger partial charge in [0.2, 0.25) is 0 Å². The largest absolute Gasteiger partial charge is 0.573 e. The van der Waals surface area contributed by atoms with Gasteiger partial charge in [0, 0.05) is 44.0 Å². The number of aromatic nitrogens is 2. The summed E-state index contributed by atoms with van der Waals surface area (Å²) in [5.41, 5.74) is 1.11. The van der Waals surface area contributed by atoms with Crippen LogP contribution in [0, 0.1) is 0 Å². The number of ether oxygens (including phenoxy) is 4. The standard InChI is InChI=1S/C24H24F3N3O4/c25-24(26,27)34-21-7-5-19(6-8-21)32-20-9-12-29(13-10-20)17-1-3-18(4-2-17)31-16-22-15-30-14-11-28-23(30)33-22/h1-8,11,14,20,22H,9-10,12-13,15-16H2. The molecule has 3 aromatic rings. The van der Waals surface area contributed by atoms with E-state index in [-0.39, 0.29) is 18.0 Å². The van der Waals surface area contributed by atoms with Crippen LogP contribution in [0.1, 0.15) is 12.8 Å². The molecule has 0 bridgehead atoms. The van der Waals surface area contributed by atoms with Crippen LogP contribution < -0.4 is 23.8 Å². The van der Waals surface area contributed by atoms with E-state index in [9.17, 15) is 13.2 Å². The highest BCUT2D eigenvalue weighted by Crippen LogP contribution is 2.28. The van der Waals surface area contributed by atoms with E-state index in [1.807, 2.05) is 35.0 Å². The zero-order chi connectivity index (χ0) is 23.5. The molecule has 2 aliphatic heterocycles. The number of halogens is 3. The van der Waals surface area contributed by atoms with E-state index in [0.29, 0.717) is 18.4 Å². The van der Waals surface area contributed by atoms with E-state index in [2.05, 4.69) is 14.6 Å². The zero-order valence-electron chi connectivity index (χ0n) is 18.3. The number of nitrogens with zero attached hydrogens (tertiary/aromatic N) is 3. The van der Waals surface area contributed by atoms with Gasteiger partial charge in [0.25, 0.3) is 6.01 Å². The highest BCUT2D eigenvalue weighted by atomic mass is 19.4. The molecule has 3 heterocycles. The first-order valence-corrected chi connectivity index (χ1v) is 11.1. The van der Waals surface area contributed by atoms with Crippen LogP contribution in [0.15, 0.2) is 60.9 Å². The molecule has 5 rings (SSSR count). The Labute approximate surface area is 194 Å². The number of benzene rings is 2. The second kappa shape index (κ2) is 9.36. The van der Waals surface area contributed by atoms with Gasteiger partial charge >= 0.3 is 6.36 Å². The van der Waals surface area contributed by atoms with E-state index in [1.54, 1.807) is 6.20 Å². The van der Waals surface area contributed by atoms with Gasteiger partial charge in [-0.25, -0.2) is 4.98 Å². The first-order valence-electron chi connectivity index (χ1n) is 11.1. The molecule has 1 aromatic heterocycles. The van der Waals surface area contributed by atoms with Crippen molar-refractivity contribution in [1.82, 2.24) is 9.55 Å². The summed E-state index contributed by atoms with van der Waals surface area (Å²) in [7, 11) is 0. The van der Waals surface area contributed by atoms with Crippen LogP contribution >= 0.6 is 0 Å². The lowest BCUT2D eigenvalue weighted by Gasteiger charge is -2.33. The molecule has 0 amide bonds. The van der Waals surface area contributed by atoms with Crippen LogP contribution in [0.25, 0.3) is 0 Å². The third-order valence-corrected chi connectivity index (χ3v) is 5.79.